The van der Waals surface area contributed by atoms with Crippen LogP contribution in [0.2, 0.25) is 0 Å². The van der Waals surface area contributed by atoms with Crippen molar-refractivity contribution in [2.75, 3.05) is 31.2 Å². The molecule has 1 spiro atoms. The number of hydrogen-bond donors (Lipinski definition) is 1. The van der Waals surface area contributed by atoms with E-state index in [4.69, 9.17) is 9.47 Å². The van der Waals surface area contributed by atoms with Crippen LogP contribution in [0.1, 0.15) is 57.1 Å². The third-order valence-electron chi connectivity index (χ3n) is 9.19. The van der Waals surface area contributed by atoms with Gasteiger partial charge in [-0.25, -0.2) is 0 Å². The minimum absolute atomic E-state index is 0.0460. The molecule has 4 rings (SSSR count). The zero-order valence-electron chi connectivity index (χ0n) is 24.4. The Hall–Kier alpha value is -2.97. The van der Waals surface area contributed by atoms with Crippen molar-refractivity contribution in [3.8, 4) is 0 Å². The molecule has 2 bridgehead atoms. The van der Waals surface area contributed by atoms with Crippen LogP contribution in [0.5, 0.6) is 0 Å². The molecule has 6 atom stereocenters. The van der Waals surface area contributed by atoms with Gasteiger partial charge in [0.25, 0.3) is 5.91 Å². The van der Waals surface area contributed by atoms with Crippen LogP contribution < -0.4 is 4.90 Å². The zero-order chi connectivity index (χ0) is 29.2. The third-order valence-corrected chi connectivity index (χ3v) is 9.19. The number of fused-ring (bicyclic) bond motifs is 1. The van der Waals surface area contributed by atoms with Gasteiger partial charge in [-0.1, -0.05) is 50.6 Å². The number of nitrogens with zero attached hydrogens (tertiary/aromatic N) is 2. The molecule has 0 saturated carbocycles. The van der Waals surface area contributed by atoms with E-state index in [-0.39, 0.29) is 37.5 Å². The number of amides is 2. The number of carbonyl (C=O) groups is 3. The number of esters is 1. The Bertz CT molecular complexity index is 1170. The van der Waals surface area contributed by atoms with Crippen LogP contribution in [0.4, 0.5) is 5.69 Å². The second-order valence-corrected chi connectivity index (χ2v) is 11.8. The van der Waals surface area contributed by atoms with Gasteiger partial charge in [0.15, 0.2) is 0 Å². The molecule has 40 heavy (non-hydrogen) atoms. The van der Waals surface area contributed by atoms with Crippen molar-refractivity contribution in [1.82, 2.24) is 4.90 Å². The third kappa shape index (κ3) is 4.90. The predicted molar refractivity (Wildman–Crippen MR) is 154 cm³/mol. The van der Waals surface area contributed by atoms with Crippen molar-refractivity contribution in [3.63, 3.8) is 0 Å². The SMILES string of the molecule is C=CCOC(=O)[C@H]1[C@H]2C(=O)N(CCCCCCO)C(C(=O)N(CC=C)c3cc(C)ccc3C)C23CC(C)[C@]1(C)O3. The quantitative estimate of drug-likeness (QED) is 0.225. The van der Waals surface area contributed by atoms with Crippen LogP contribution in [0.15, 0.2) is 43.5 Å². The fourth-order valence-corrected chi connectivity index (χ4v) is 7.19. The number of aliphatic hydroxyl groups is 1. The number of hydrogen-bond acceptors (Lipinski definition) is 6. The number of unbranched alkanes of at least 4 members (excludes halogenated alkanes) is 3. The van der Waals surface area contributed by atoms with E-state index in [9.17, 15) is 19.5 Å². The summed E-state index contributed by atoms with van der Waals surface area (Å²) in [4.78, 5) is 45.8. The molecule has 0 radical (unpaired) electrons. The van der Waals surface area contributed by atoms with Crippen molar-refractivity contribution in [2.24, 2.45) is 17.8 Å². The van der Waals surface area contributed by atoms with E-state index in [1.165, 1.54) is 6.08 Å². The molecule has 3 fully saturated rings. The zero-order valence-corrected chi connectivity index (χ0v) is 24.4. The monoisotopic (exact) mass is 552 g/mol. The highest BCUT2D eigenvalue weighted by Gasteiger charge is 2.80. The predicted octanol–water partition coefficient (Wildman–Crippen LogP) is 4.12. The molecule has 0 aromatic heterocycles. The number of likely N-dealkylation sites (tertiary alicyclic amines) is 1. The van der Waals surface area contributed by atoms with Crippen LogP contribution in [0, 0.1) is 31.6 Å². The summed E-state index contributed by atoms with van der Waals surface area (Å²) >= 11 is 0. The van der Waals surface area contributed by atoms with Gasteiger partial charge in [0.2, 0.25) is 5.91 Å². The number of aryl methyl sites for hydroxylation is 2. The smallest absolute Gasteiger partial charge is 0.313 e. The Balaban J connectivity index is 1.79. The lowest BCUT2D eigenvalue weighted by molar-refractivity contribution is -0.160. The highest BCUT2D eigenvalue weighted by Crippen LogP contribution is 2.65. The Morgan fingerprint density at radius 1 is 1.20 bits per heavy atom. The number of ether oxygens (including phenoxy) is 2. The van der Waals surface area contributed by atoms with Gasteiger partial charge in [-0.05, 0) is 63.1 Å². The fourth-order valence-electron chi connectivity index (χ4n) is 7.19. The van der Waals surface area contributed by atoms with Gasteiger partial charge < -0.3 is 24.4 Å². The van der Waals surface area contributed by atoms with Crippen molar-refractivity contribution in [3.05, 3.63) is 54.6 Å². The highest BCUT2D eigenvalue weighted by atomic mass is 16.6. The lowest BCUT2D eigenvalue weighted by Gasteiger charge is -2.37. The Kier molecular flexibility index (Phi) is 8.90. The Morgan fingerprint density at radius 2 is 1.93 bits per heavy atom. The van der Waals surface area contributed by atoms with Gasteiger partial charge >= 0.3 is 5.97 Å². The first kappa shape index (κ1) is 30.0. The van der Waals surface area contributed by atoms with Gasteiger partial charge in [0.05, 0.1) is 11.5 Å². The van der Waals surface area contributed by atoms with Crippen LogP contribution in [0.25, 0.3) is 0 Å². The summed E-state index contributed by atoms with van der Waals surface area (Å²) in [5.41, 5.74) is 0.673. The molecule has 0 aliphatic carbocycles. The van der Waals surface area contributed by atoms with E-state index < -0.39 is 35.0 Å². The van der Waals surface area contributed by atoms with Crippen LogP contribution in [-0.4, -0.2) is 71.3 Å². The highest BCUT2D eigenvalue weighted by molar-refractivity contribution is 6.05. The second-order valence-electron chi connectivity index (χ2n) is 11.8. The summed E-state index contributed by atoms with van der Waals surface area (Å²) in [6, 6.07) is 5.09. The summed E-state index contributed by atoms with van der Waals surface area (Å²) in [5.74, 6) is -2.62. The summed E-state index contributed by atoms with van der Waals surface area (Å²) in [7, 11) is 0. The van der Waals surface area contributed by atoms with Crippen molar-refractivity contribution >= 4 is 23.5 Å². The van der Waals surface area contributed by atoms with E-state index >= 15 is 0 Å². The first-order valence-electron chi connectivity index (χ1n) is 14.5. The van der Waals surface area contributed by atoms with Crippen LogP contribution in [0.3, 0.4) is 0 Å². The van der Waals surface area contributed by atoms with Gasteiger partial charge in [-0.3, -0.25) is 14.4 Å². The van der Waals surface area contributed by atoms with Gasteiger partial charge in [-0.2, -0.15) is 0 Å². The maximum Gasteiger partial charge on any atom is 0.313 e. The molecule has 8 nitrogen and oxygen atoms in total. The van der Waals surface area contributed by atoms with Crippen molar-refractivity contribution < 1.29 is 29.0 Å². The van der Waals surface area contributed by atoms with E-state index in [1.54, 1.807) is 15.9 Å². The maximum absolute atomic E-state index is 14.7. The van der Waals surface area contributed by atoms with Crippen LogP contribution >= 0.6 is 0 Å². The molecule has 1 aromatic carbocycles. The second kappa shape index (κ2) is 11.9. The molecule has 1 N–H and O–H groups in total. The largest absolute Gasteiger partial charge is 0.461 e. The number of anilines is 1. The molecule has 3 heterocycles. The molecule has 2 amide bonds. The van der Waals surface area contributed by atoms with Crippen molar-refractivity contribution in [2.45, 2.75) is 77.0 Å². The van der Waals surface area contributed by atoms with Crippen molar-refractivity contribution in [1.29, 1.82) is 0 Å². The summed E-state index contributed by atoms with van der Waals surface area (Å²) < 4.78 is 12.3. The average molecular weight is 553 g/mol. The van der Waals surface area contributed by atoms with E-state index in [0.717, 1.165) is 29.7 Å². The first-order chi connectivity index (χ1) is 19.1. The van der Waals surface area contributed by atoms with E-state index in [0.29, 0.717) is 25.8 Å². The molecular formula is C32H44N2O6. The maximum atomic E-state index is 14.7. The van der Waals surface area contributed by atoms with Gasteiger partial charge in [0, 0.05) is 25.4 Å². The Morgan fingerprint density at radius 3 is 2.60 bits per heavy atom. The van der Waals surface area contributed by atoms with E-state index in [2.05, 4.69) is 13.2 Å². The lowest BCUT2D eigenvalue weighted by Crippen LogP contribution is -2.57. The minimum Gasteiger partial charge on any atom is -0.461 e. The van der Waals surface area contributed by atoms with E-state index in [1.807, 2.05) is 45.9 Å². The standard InChI is InChI=1S/C32H44N2O6/c1-7-15-33(24-19-21(3)13-14-22(24)4)29(37)27-32-20-23(5)31(6,40-32)26(30(38)39-18-8-2)25(32)28(36)34(27)16-11-9-10-12-17-35/h7-8,13-14,19,23,25-27,35H,1-2,9-12,15-18,20H2,3-6H3/t23?,25-,26+,27?,31-,32?/m0/s1. The summed E-state index contributed by atoms with van der Waals surface area (Å²) in [6.07, 6.45) is 6.72. The molecule has 3 unspecified atom stereocenters. The molecule has 1 aromatic rings. The fraction of sp³-hybridized carbons (Fsp3) is 0.594. The molecule has 3 aliphatic heterocycles. The molecule has 3 aliphatic rings. The minimum atomic E-state index is -1.14. The molecule has 218 valence electrons. The lowest BCUT2D eigenvalue weighted by atomic mass is 9.62. The molecule has 8 heteroatoms. The number of benzene rings is 1. The van der Waals surface area contributed by atoms with Gasteiger partial charge in [0.1, 0.15) is 24.2 Å². The number of carbonyl (C=O) groups excluding carboxylic acids is 3. The topological polar surface area (TPSA) is 96.4 Å². The molecule has 3 saturated heterocycles. The normalized spacial score (nSPS) is 30.3. The molecular weight excluding hydrogens is 508 g/mol. The summed E-state index contributed by atoms with van der Waals surface area (Å²) in [5, 5.41) is 9.18. The first-order valence-corrected chi connectivity index (χ1v) is 14.5. The van der Waals surface area contributed by atoms with Crippen LogP contribution in [-0.2, 0) is 23.9 Å². The Labute approximate surface area is 238 Å². The van der Waals surface area contributed by atoms with Gasteiger partial charge in [-0.15, -0.1) is 6.58 Å². The average Bonchev–Trinajstić information content (AvgIpc) is 3.43. The summed E-state index contributed by atoms with van der Waals surface area (Å²) in [6.45, 7) is 16.2. The number of rotatable bonds is 13. The number of aliphatic hydroxyl groups excluding tert-OH is 1.